The summed E-state index contributed by atoms with van der Waals surface area (Å²) in [5, 5.41) is 6.40. The van der Waals surface area contributed by atoms with Crippen LogP contribution in [0.1, 0.15) is 64.5 Å². The molecular formula is C25H24F6N6O3. The summed E-state index contributed by atoms with van der Waals surface area (Å²) >= 11 is 0. The molecule has 40 heavy (non-hydrogen) atoms. The van der Waals surface area contributed by atoms with Crippen molar-refractivity contribution in [3.8, 4) is 5.82 Å². The first-order chi connectivity index (χ1) is 18.5. The van der Waals surface area contributed by atoms with Crippen molar-refractivity contribution in [3.05, 3.63) is 70.9 Å². The highest BCUT2D eigenvalue weighted by atomic mass is 19.4. The van der Waals surface area contributed by atoms with Crippen molar-refractivity contribution >= 4 is 11.8 Å². The van der Waals surface area contributed by atoms with Gasteiger partial charge in [0.2, 0.25) is 0 Å². The van der Waals surface area contributed by atoms with Crippen LogP contribution in [0.15, 0.2) is 42.9 Å². The highest BCUT2D eigenvalue weighted by molar-refractivity contribution is 5.95. The van der Waals surface area contributed by atoms with Crippen LogP contribution in [0, 0.1) is 0 Å². The standard InChI is InChI=1S/C25H24F6N6O3/c1-14(35-21(38)16-8-17(24(26,27)28)10-18(9-16)25(29,30)31)20-33-13-34-37(20)19-5-4-15(11-32-19)22(39)36-6-7-40-23(2,3)12-36/h4-5,8-11,13-14H,6-7,12H2,1-3H3,(H,35,38)/t14-/m0/s1. The van der Waals surface area contributed by atoms with Gasteiger partial charge in [-0.1, -0.05) is 0 Å². The number of nitrogens with zero attached hydrogens (tertiary/aromatic N) is 5. The minimum Gasteiger partial charge on any atom is -0.372 e. The molecule has 214 valence electrons. The molecule has 3 heterocycles. The molecule has 2 amide bonds. The molecule has 0 saturated carbocycles. The normalized spacial score (nSPS) is 16.5. The van der Waals surface area contributed by atoms with Gasteiger partial charge in [0, 0.05) is 24.8 Å². The van der Waals surface area contributed by atoms with Crippen LogP contribution in [-0.2, 0) is 17.1 Å². The zero-order chi connectivity index (χ0) is 29.5. The molecule has 0 aliphatic carbocycles. The monoisotopic (exact) mass is 570 g/mol. The molecule has 9 nitrogen and oxygen atoms in total. The molecule has 0 unspecified atom stereocenters. The van der Waals surface area contributed by atoms with E-state index in [1.165, 1.54) is 29.9 Å². The highest BCUT2D eigenvalue weighted by Crippen LogP contribution is 2.36. The molecule has 3 aromatic rings. The third kappa shape index (κ3) is 6.41. The van der Waals surface area contributed by atoms with Crippen LogP contribution in [0.4, 0.5) is 26.3 Å². The van der Waals surface area contributed by atoms with Crippen LogP contribution >= 0.6 is 0 Å². The number of rotatable bonds is 5. The average molecular weight is 570 g/mol. The quantitative estimate of drug-likeness (QED) is 0.455. The molecular weight excluding hydrogens is 546 g/mol. The predicted octanol–water partition coefficient (Wildman–Crippen LogP) is 4.44. The molecule has 0 bridgehead atoms. The van der Waals surface area contributed by atoms with Gasteiger partial charge in [0.15, 0.2) is 11.6 Å². The van der Waals surface area contributed by atoms with E-state index in [-0.39, 0.29) is 23.6 Å². The lowest BCUT2D eigenvalue weighted by molar-refractivity contribution is -0.143. The van der Waals surface area contributed by atoms with Gasteiger partial charge in [-0.3, -0.25) is 9.59 Å². The minimum atomic E-state index is -5.10. The Bertz CT molecular complexity index is 1370. The number of aromatic nitrogens is 4. The number of carbonyl (C=O) groups excluding carboxylic acids is 2. The summed E-state index contributed by atoms with van der Waals surface area (Å²) in [6.45, 7) is 6.40. The highest BCUT2D eigenvalue weighted by Gasteiger charge is 2.38. The van der Waals surface area contributed by atoms with E-state index in [0.717, 1.165) is 6.33 Å². The number of nitrogens with one attached hydrogen (secondary N) is 1. The van der Waals surface area contributed by atoms with Crippen molar-refractivity contribution in [1.82, 2.24) is 30.0 Å². The molecule has 2 aromatic heterocycles. The van der Waals surface area contributed by atoms with Gasteiger partial charge in [-0.05, 0) is 51.1 Å². The summed E-state index contributed by atoms with van der Waals surface area (Å²) in [7, 11) is 0. The lowest BCUT2D eigenvalue weighted by atomic mass is 10.0. The van der Waals surface area contributed by atoms with Crippen LogP contribution in [0.25, 0.3) is 5.82 Å². The van der Waals surface area contributed by atoms with E-state index in [0.29, 0.717) is 37.4 Å². The molecule has 1 aliphatic rings. The van der Waals surface area contributed by atoms with Gasteiger partial charge in [-0.25, -0.2) is 9.97 Å². The average Bonchev–Trinajstić information content (AvgIpc) is 3.37. The van der Waals surface area contributed by atoms with Gasteiger partial charge in [0.25, 0.3) is 11.8 Å². The third-order valence-corrected chi connectivity index (χ3v) is 6.08. The van der Waals surface area contributed by atoms with Crippen molar-refractivity contribution in [3.63, 3.8) is 0 Å². The van der Waals surface area contributed by atoms with Crippen LogP contribution in [0.5, 0.6) is 0 Å². The number of amides is 2. The fourth-order valence-corrected chi connectivity index (χ4v) is 4.16. The smallest absolute Gasteiger partial charge is 0.372 e. The van der Waals surface area contributed by atoms with E-state index >= 15 is 0 Å². The van der Waals surface area contributed by atoms with E-state index in [2.05, 4.69) is 20.4 Å². The number of benzene rings is 1. The second-order valence-corrected chi connectivity index (χ2v) is 9.76. The second kappa shape index (κ2) is 10.5. The predicted molar refractivity (Wildman–Crippen MR) is 127 cm³/mol. The fraction of sp³-hybridized carbons (Fsp3) is 0.400. The molecule has 15 heteroatoms. The summed E-state index contributed by atoms with van der Waals surface area (Å²) in [5.74, 6) is -1.11. The number of pyridine rings is 1. The first-order valence-corrected chi connectivity index (χ1v) is 11.9. The summed E-state index contributed by atoms with van der Waals surface area (Å²) < 4.78 is 86.0. The van der Waals surface area contributed by atoms with Crippen molar-refractivity contribution in [2.24, 2.45) is 0 Å². The number of carbonyl (C=O) groups is 2. The van der Waals surface area contributed by atoms with Gasteiger partial charge < -0.3 is 15.0 Å². The summed E-state index contributed by atoms with van der Waals surface area (Å²) in [5.41, 5.74) is -4.22. The van der Waals surface area contributed by atoms with Crippen molar-refractivity contribution in [1.29, 1.82) is 0 Å². The Morgan fingerprint density at radius 2 is 1.65 bits per heavy atom. The molecule has 4 rings (SSSR count). The molecule has 0 spiro atoms. The first-order valence-electron chi connectivity index (χ1n) is 11.9. The summed E-state index contributed by atoms with van der Waals surface area (Å²) in [6, 6.07) is 2.65. The Balaban J connectivity index is 1.53. The van der Waals surface area contributed by atoms with Crippen LogP contribution in [-0.4, -0.2) is 61.8 Å². The number of hydrogen-bond acceptors (Lipinski definition) is 6. The largest absolute Gasteiger partial charge is 0.416 e. The van der Waals surface area contributed by atoms with E-state index in [4.69, 9.17) is 4.74 Å². The third-order valence-electron chi connectivity index (χ3n) is 6.08. The fourth-order valence-electron chi connectivity index (χ4n) is 4.16. The van der Waals surface area contributed by atoms with Gasteiger partial charge in [-0.2, -0.15) is 36.1 Å². The second-order valence-electron chi connectivity index (χ2n) is 9.76. The summed E-state index contributed by atoms with van der Waals surface area (Å²) in [4.78, 5) is 35.5. The lowest BCUT2D eigenvalue weighted by Gasteiger charge is -2.38. The van der Waals surface area contributed by atoms with Crippen molar-refractivity contribution in [2.75, 3.05) is 19.7 Å². The Kier molecular flexibility index (Phi) is 7.62. The Labute approximate surface area is 224 Å². The van der Waals surface area contributed by atoms with Gasteiger partial charge >= 0.3 is 12.4 Å². The number of hydrogen-bond donors (Lipinski definition) is 1. The zero-order valence-electron chi connectivity index (χ0n) is 21.5. The molecule has 1 atom stereocenters. The van der Waals surface area contributed by atoms with E-state index in [1.54, 1.807) is 4.90 Å². The number of morpholine rings is 1. The van der Waals surface area contributed by atoms with Crippen LogP contribution in [0.2, 0.25) is 0 Å². The molecule has 1 fully saturated rings. The lowest BCUT2D eigenvalue weighted by Crippen LogP contribution is -2.50. The Morgan fingerprint density at radius 3 is 2.20 bits per heavy atom. The Hall–Kier alpha value is -4.01. The molecule has 1 N–H and O–H groups in total. The van der Waals surface area contributed by atoms with Crippen molar-refractivity contribution < 1.29 is 40.7 Å². The SMILES string of the molecule is C[C@H](NC(=O)c1cc(C(F)(F)F)cc(C(F)(F)F)c1)c1ncnn1-c1ccc(C(=O)N2CCOC(C)(C)C2)cn1. The molecule has 1 aromatic carbocycles. The molecule has 1 aliphatic heterocycles. The Morgan fingerprint density at radius 1 is 1.00 bits per heavy atom. The van der Waals surface area contributed by atoms with Gasteiger partial charge in [0.1, 0.15) is 6.33 Å². The maximum atomic E-state index is 13.2. The summed E-state index contributed by atoms with van der Waals surface area (Å²) in [6.07, 6.45) is -7.71. The number of alkyl halides is 6. The molecule has 1 saturated heterocycles. The van der Waals surface area contributed by atoms with Crippen LogP contribution in [0.3, 0.4) is 0 Å². The zero-order valence-corrected chi connectivity index (χ0v) is 21.5. The van der Waals surface area contributed by atoms with E-state index in [9.17, 15) is 35.9 Å². The topological polar surface area (TPSA) is 102 Å². The van der Waals surface area contributed by atoms with Crippen LogP contribution < -0.4 is 5.32 Å². The number of halogens is 6. The maximum Gasteiger partial charge on any atom is 0.416 e. The molecule has 0 radical (unpaired) electrons. The maximum absolute atomic E-state index is 13.2. The van der Waals surface area contributed by atoms with Gasteiger partial charge in [0.05, 0.1) is 34.9 Å². The van der Waals surface area contributed by atoms with Crippen molar-refractivity contribution in [2.45, 2.75) is 44.8 Å². The minimum absolute atomic E-state index is 0.0587. The first kappa shape index (κ1) is 29.0. The number of ether oxygens (including phenoxy) is 1. The van der Waals surface area contributed by atoms with E-state index in [1.807, 2.05) is 13.8 Å². The van der Waals surface area contributed by atoms with E-state index < -0.39 is 46.6 Å². The van der Waals surface area contributed by atoms with Gasteiger partial charge in [-0.15, -0.1) is 0 Å².